The Morgan fingerprint density at radius 1 is 1.03 bits per heavy atom. The number of nitrogens with zero attached hydrogens (tertiary/aromatic N) is 5. The van der Waals surface area contributed by atoms with E-state index in [1.165, 1.54) is 37.6 Å². The van der Waals surface area contributed by atoms with Crippen molar-refractivity contribution in [3.05, 3.63) is 36.5 Å². The summed E-state index contributed by atoms with van der Waals surface area (Å²) in [5.41, 5.74) is 0.883. The van der Waals surface area contributed by atoms with Gasteiger partial charge in [-0.15, -0.1) is 10.2 Å². The van der Waals surface area contributed by atoms with Gasteiger partial charge in [-0.05, 0) is 13.0 Å². The van der Waals surface area contributed by atoms with Gasteiger partial charge in [0.15, 0.2) is 12.3 Å². The van der Waals surface area contributed by atoms with Crippen molar-refractivity contribution < 1.29 is 27.0 Å². The fourth-order valence-electron chi connectivity index (χ4n) is 2.21. The number of rotatable bonds is 7. The molecular formula is C18H21F4N5O2. The highest BCUT2D eigenvalue weighted by atomic mass is 19.3. The molecule has 0 amide bonds. The lowest BCUT2D eigenvalue weighted by atomic mass is 10.2. The lowest BCUT2D eigenvalue weighted by Gasteiger charge is -2.13. The van der Waals surface area contributed by atoms with E-state index in [1.807, 2.05) is 13.8 Å². The van der Waals surface area contributed by atoms with Crippen LogP contribution in [0.4, 0.5) is 17.6 Å². The van der Waals surface area contributed by atoms with Crippen molar-refractivity contribution in [1.29, 1.82) is 0 Å². The molecule has 0 aliphatic rings. The molecule has 0 saturated carbocycles. The Balaban J connectivity index is 0.00000145. The molecule has 0 fully saturated rings. The fourth-order valence-corrected chi connectivity index (χ4v) is 2.21. The summed E-state index contributed by atoms with van der Waals surface area (Å²) >= 11 is 0. The molecule has 3 heterocycles. The second kappa shape index (κ2) is 9.12. The third-order valence-corrected chi connectivity index (χ3v) is 3.38. The number of ether oxygens (including phenoxy) is 2. The molecular weight excluding hydrogens is 394 g/mol. The van der Waals surface area contributed by atoms with E-state index in [1.54, 1.807) is 0 Å². The molecule has 0 N–H and O–H groups in total. The van der Waals surface area contributed by atoms with Crippen LogP contribution in [0.25, 0.3) is 16.9 Å². The largest absolute Gasteiger partial charge is 0.471 e. The summed E-state index contributed by atoms with van der Waals surface area (Å²) < 4.78 is 64.1. The molecule has 0 bridgehead atoms. The molecule has 3 rings (SSSR count). The van der Waals surface area contributed by atoms with Crippen molar-refractivity contribution in [3.63, 3.8) is 0 Å². The van der Waals surface area contributed by atoms with Gasteiger partial charge in [0.2, 0.25) is 11.7 Å². The first-order chi connectivity index (χ1) is 13.7. The van der Waals surface area contributed by atoms with Crippen molar-refractivity contribution in [2.45, 2.75) is 39.7 Å². The Kier molecular flexibility index (Phi) is 7.07. The minimum absolute atomic E-state index is 0.00854. The average Bonchev–Trinajstić information content (AvgIpc) is 3.12. The van der Waals surface area contributed by atoms with Gasteiger partial charge in [-0.25, -0.2) is 13.8 Å². The molecule has 11 heteroatoms. The summed E-state index contributed by atoms with van der Waals surface area (Å²) in [6, 6.07) is 2.91. The van der Waals surface area contributed by atoms with Crippen LogP contribution in [0.1, 0.15) is 33.5 Å². The molecule has 0 unspecified atom stereocenters. The molecule has 0 saturated heterocycles. The van der Waals surface area contributed by atoms with Crippen LogP contribution in [-0.4, -0.2) is 43.7 Å². The van der Waals surface area contributed by atoms with E-state index in [-0.39, 0.29) is 18.1 Å². The third kappa shape index (κ3) is 5.59. The minimum Gasteiger partial charge on any atom is -0.471 e. The lowest BCUT2D eigenvalue weighted by molar-refractivity contribution is -0.251. The Bertz CT molecular complexity index is 926. The molecule has 3 aromatic rings. The Morgan fingerprint density at radius 3 is 2.34 bits per heavy atom. The smallest absolute Gasteiger partial charge is 0.418 e. The van der Waals surface area contributed by atoms with Crippen LogP contribution in [-0.2, 0) is 10.8 Å². The van der Waals surface area contributed by atoms with Gasteiger partial charge in [-0.1, -0.05) is 13.8 Å². The Morgan fingerprint density at radius 2 is 1.76 bits per heavy atom. The summed E-state index contributed by atoms with van der Waals surface area (Å²) in [4.78, 5) is 8.04. The van der Waals surface area contributed by atoms with Gasteiger partial charge < -0.3 is 9.47 Å². The maximum absolute atomic E-state index is 14.0. The minimum atomic E-state index is -3.62. The predicted molar refractivity (Wildman–Crippen MR) is 97.0 cm³/mol. The maximum Gasteiger partial charge on any atom is 0.418 e. The van der Waals surface area contributed by atoms with E-state index < -0.39 is 24.5 Å². The van der Waals surface area contributed by atoms with Gasteiger partial charge in [-0.3, -0.25) is 9.38 Å². The van der Waals surface area contributed by atoms with Crippen molar-refractivity contribution in [3.8, 4) is 17.1 Å². The molecule has 158 valence electrons. The Hall–Kier alpha value is -2.82. The van der Waals surface area contributed by atoms with Gasteiger partial charge >= 0.3 is 6.11 Å². The molecule has 0 atom stereocenters. The highest BCUT2D eigenvalue weighted by Gasteiger charge is 2.38. The molecule has 0 aliphatic heterocycles. The summed E-state index contributed by atoms with van der Waals surface area (Å²) in [5.74, 6) is -3.65. The number of halogens is 4. The van der Waals surface area contributed by atoms with E-state index >= 15 is 0 Å². The van der Waals surface area contributed by atoms with Crippen LogP contribution >= 0.6 is 0 Å². The summed E-state index contributed by atoms with van der Waals surface area (Å²) in [5, 5.41) is 7.12. The van der Waals surface area contributed by atoms with Crippen LogP contribution in [0.5, 0.6) is 5.88 Å². The van der Waals surface area contributed by atoms with Gasteiger partial charge in [0.25, 0.3) is 5.92 Å². The quantitative estimate of drug-likeness (QED) is 0.535. The standard InChI is InChI=1S/C16H15F4N5O2.C2H6/c1-3-27-16(19,20)14-24-23-12-7-21-11(8-25(12)14)10-4-5-13(22-6-10)26-9-15(2,17)18;1-2/h4-8H,3,9H2,1-2H3;1-2H3. The number of hydrogen-bond acceptors (Lipinski definition) is 6. The molecule has 0 radical (unpaired) electrons. The highest BCUT2D eigenvalue weighted by Crippen LogP contribution is 2.29. The first kappa shape index (κ1) is 22.5. The summed E-state index contributed by atoms with van der Waals surface area (Å²) in [6.45, 7) is 5.16. The SMILES string of the molecule is CC.CCOC(F)(F)c1nnc2cnc(-c3ccc(OCC(C)(F)F)nc3)cn12. The van der Waals surface area contributed by atoms with Crippen molar-refractivity contribution in [1.82, 2.24) is 24.6 Å². The zero-order chi connectivity index (χ0) is 21.7. The summed E-state index contributed by atoms with van der Waals surface area (Å²) in [7, 11) is 0. The van der Waals surface area contributed by atoms with E-state index in [9.17, 15) is 17.6 Å². The lowest BCUT2D eigenvalue weighted by Crippen LogP contribution is -2.21. The topological polar surface area (TPSA) is 74.4 Å². The van der Waals surface area contributed by atoms with Crippen molar-refractivity contribution in [2.24, 2.45) is 0 Å². The molecule has 7 nitrogen and oxygen atoms in total. The molecule has 3 aromatic heterocycles. The van der Waals surface area contributed by atoms with Crippen molar-refractivity contribution >= 4 is 5.65 Å². The third-order valence-electron chi connectivity index (χ3n) is 3.38. The normalized spacial score (nSPS) is 11.9. The highest BCUT2D eigenvalue weighted by molar-refractivity contribution is 5.59. The second-order valence-electron chi connectivity index (χ2n) is 5.72. The fraction of sp³-hybridized carbons (Fsp3) is 0.444. The first-order valence-corrected chi connectivity index (χ1v) is 8.90. The molecule has 29 heavy (non-hydrogen) atoms. The maximum atomic E-state index is 14.0. The van der Waals surface area contributed by atoms with E-state index in [0.29, 0.717) is 11.3 Å². The molecule has 0 spiro atoms. The van der Waals surface area contributed by atoms with Crippen LogP contribution in [0, 0.1) is 0 Å². The predicted octanol–water partition coefficient (Wildman–Crippen LogP) is 4.33. The number of fused-ring (bicyclic) bond motifs is 1. The van der Waals surface area contributed by atoms with E-state index in [2.05, 4.69) is 24.9 Å². The molecule has 0 aliphatic carbocycles. The van der Waals surface area contributed by atoms with E-state index in [0.717, 1.165) is 11.3 Å². The van der Waals surface area contributed by atoms with Crippen LogP contribution in [0.15, 0.2) is 30.7 Å². The molecule has 0 aromatic carbocycles. The first-order valence-electron chi connectivity index (χ1n) is 8.90. The monoisotopic (exact) mass is 415 g/mol. The van der Waals surface area contributed by atoms with Crippen LogP contribution in [0.3, 0.4) is 0 Å². The van der Waals surface area contributed by atoms with Crippen LogP contribution < -0.4 is 4.74 Å². The van der Waals surface area contributed by atoms with Gasteiger partial charge in [-0.2, -0.15) is 8.78 Å². The zero-order valence-electron chi connectivity index (χ0n) is 16.4. The zero-order valence-corrected chi connectivity index (χ0v) is 16.4. The van der Waals surface area contributed by atoms with Gasteiger partial charge in [0.05, 0.1) is 18.5 Å². The Labute approximate surface area is 164 Å². The second-order valence-corrected chi connectivity index (χ2v) is 5.72. The average molecular weight is 415 g/mol. The van der Waals surface area contributed by atoms with Crippen molar-refractivity contribution in [2.75, 3.05) is 13.2 Å². The van der Waals surface area contributed by atoms with Gasteiger partial charge in [0.1, 0.15) is 0 Å². The van der Waals surface area contributed by atoms with E-state index in [4.69, 9.17) is 4.74 Å². The number of hydrogen-bond donors (Lipinski definition) is 0. The van der Waals surface area contributed by atoms with Crippen LogP contribution in [0.2, 0.25) is 0 Å². The number of alkyl halides is 4. The summed E-state index contributed by atoms with van der Waals surface area (Å²) in [6.07, 6.45) is 0.307. The number of pyridine rings is 1. The number of aromatic nitrogens is 5. The van der Waals surface area contributed by atoms with Gasteiger partial charge in [0, 0.05) is 30.9 Å².